The van der Waals surface area contributed by atoms with Crippen LogP contribution in [0.3, 0.4) is 0 Å². The molecule has 0 spiro atoms. The molecule has 2 unspecified atom stereocenters. The molecule has 0 bridgehead atoms. The second-order valence-corrected chi connectivity index (χ2v) is 13.2. The summed E-state index contributed by atoms with van der Waals surface area (Å²) in [7, 11) is 0. The van der Waals surface area contributed by atoms with Crippen LogP contribution in [0.15, 0.2) is 30.3 Å². The lowest BCUT2D eigenvalue weighted by Crippen LogP contribution is -2.50. The summed E-state index contributed by atoms with van der Waals surface area (Å²) in [5, 5.41) is 4.97. The van der Waals surface area contributed by atoms with Crippen LogP contribution in [0, 0.1) is 29.2 Å². The van der Waals surface area contributed by atoms with Gasteiger partial charge in [-0.15, -0.1) is 0 Å². The molecule has 0 aliphatic carbocycles. The summed E-state index contributed by atoms with van der Waals surface area (Å²) >= 11 is 0. The van der Waals surface area contributed by atoms with Crippen LogP contribution in [0.1, 0.15) is 53.5 Å². The van der Waals surface area contributed by atoms with Crippen molar-refractivity contribution < 1.29 is 55.7 Å². The van der Waals surface area contributed by atoms with E-state index in [1.54, 1.807) is 39.0 Å². The van der Waals surface area contributed by atoms with Crippen molar-refractivity contribution in [3.05, 3.63) is 59.2 Å². The summed E-state index contributed by atoms with van der Waals surface area (Å²) in [6.45, 7) is 8.71. The van der Waals surface area contributed by atoms with Gasteiger partial charge in [0, 0.05) is 24.8 Å². The van der Waals surface area contributed by atoms with Gasteiger partial charge < -0.3 is 29.7 Å². The van der Waals surface area contributed by atoms with Crippen molar-refractivity contribution in [2.24, 2.45) is 5.92 Å². The molecule has 48 heavy (non-hydrogen) atoms. The second-order valence-electron chi connectivity index (χ2n) is 13.2. The van der Waals surface area contributed by atoms with Crippen LogP contribution in [0.5, 0.6) is 5.75 Å². The number of anilines is 1. The molecule has 15 heteroatoms. The van der Waals surface area contributed by atoms with Crippen LogP contribution in [0.2, 0.25) is 0 Å². The monoisotopic (exact) mass is 681 g/mol. The first-order valence-corrected chi connectivity index (χ1v) is 15.1. The van der Waals surface area contributed by atoms with Crippen LogP contribution in [-0.4, -0.2) is 78.9 Å². The highest BCUT2D eigenvalue weighted by molar-refractivity contribution is 6.39. The van der Waals surface area contributed by atoms with Crippen molar-refractivity contribution in [2.45, 2.75) is 65.0 Å². The van der Waals surface area contributed by atoms with Crippen LogP contribution >= 0.6 is 0 Å². The Labute approximate surface area is 275 Å². The van der Waals surface area contributed by atoms with E-state index < -0.39 is 89.1 Å². The lowest BCUT2D eigenvalue weighted by Gasteiger charge is -2.26. The molecule has 2 N–H and O–H groups in total. The molecule has 1 aliphatic heterocycles. The molecular formula is C33H39F4N3O8. The van der Waals surface area contributed by atoms with E-state index in [1.165, 1.54) is 0 Å². The Kier molecular flexibility index (Phi) is 12.3. The molecule has 2 aromatic rings. The smallest absolute Gasteiger partial charge is 0.313 e. The van der Waals surface area contributed by atoms with Gasteiger partial charge in [-0.3, -0.25) is 24.0 Å². The number of para-hydroxylation sites is 1. The number of carbonyl (C=O) groups is 5. The van der Waals surface area contributed by atoms with E-state index in [2.05, 4.69) is 10.6 Å². The molecular weight excluding hydrogens is 642 g/mol. The van der Waals surface area contributed by atoms with E-state index in [1.807, 2.05) is 26.8 Å². The molecule has 262 valence electrons. The molecule has 1 saturated heterocycles. The van der Waals surface area contributed by atoms with Crippen molar-refractivity contribution in [3.8, 4) is 5.75 Å². The van der Waals surface area contributed by atoms with Crippen LogP contribution in [0.25, 0.3) is 0 Å². The Balaban J connectivity index is 1.76. The largest absolute Gasteiger partial charge is 0.479 e. The molecule has 3 rings (SSSR count). The zero-order valence-electron chi connectivity index (χ0n) is 27.5. The molecule has 1 fully saturated rings. The lowest BCUT2D eigenvalue weighted by molar-refractivity contribution is -0.156. The SMILES string of the molecule is CC(C)(C)OC(=O)CC(NC(=O)C1COCCN(C(=O)C(=O)Nc2ccccc2C(C)(C)C)C1)C(=O)COc1c(F)c(F)cc(F)c1F. The number of Topliss-reactive ketones (excluding diaryl/α,β-unsaturated/α-hetero) is 1. The minimum Gasteiger partial charge on any atom is -0.479 e. The number of rotatable bonds is 9. The summed E-state index contributed by atoms with van der Waals surface area (Å²) in [4.78, 5) is 66.4. The van der Waals surface area contributed by atoms with Crippen molar-refractivity contribution in [1.82, 2.24) is 10.2 Å². The fourth-order valence-electron chi connectivity index (χ4n) is 4.73. The maximum atomic E-state index is 14.1. The number of amides is 3. The number of halogens is 4. The van der Waals surface area contributed by atoms with Gasteiger partial charge in [0.15, 0.2) is 23.2 Å². The quantitative estimate of drug-likeness (QED) is 0.176. The number of nitrogens with zero attached hydrogens (tertiary/aromatic N) is 1. The highest BCUT2D eigenvalue weighted by Crippen LogP contribution is 2.29. The highest BCUT2D eigenvalue weighted by Gasteiger charge is 2.35. The van der Waals surface area contributed by atoms with Crippen molar-refractivity contribution in [2.75, 3.05) is 38.2 Å². The minimum atomic E-state index is -1.89. The first-order valence-electron chi connectivity index (χ1n) is 15.1. The standard InChI is InChI=1S/C33H39F4N3O8/c1-32(2,3)19-9-7-8-10-22(19)38-30(44)31(45)40-11-12-46-16-18(15-40)29(43)39-23(14-25(42)48-33(4,5)6)24(41)17-47-28-26(36)20(34)13-21(35)27(28)37/h7-10,13,18,23H,11-12,14-17H2,1-6H3,(H,38,44)(H,39,43). The lowest BCUT2D eigenvalue weighted by atomic mass is 9.86. The maximum absolute atomic E-state index is 14.1. The molecule has 0 radical (unpaired) electrons. The van der Waals surface area contributed by atoms with Crippen molar-refractivity contribution in [1.29, 1.82) is 0 Å². The zero-order chi connectivity index (χ0) is 36.0. The van der Waals surface area contributed by atoms with E-state index in [4.69, 9.17) is 14.2 Å². The predicted molar refractivity (Wildman–Crippen MR) is 164 cm³/mol. The first kappa shape index (κ1) is 37.9. The van der Waals surface area contributed by atoms with E-state index >= 15 is 0 Å². The number of carbonyl (C=O) groups excluding carboxylic acids is 5. The molecule has 2 atom stereocenters. The van der Waals surface area contributed by atoms with Gasteiger partial charge in [0.2, 0.25) is 17.5 Å². The zero-order valence-corrected chi connectivity index (χ0v) is 27.5. The van der Waals surface area contributed by atoms with Gasteiger partial charge >= 0.3 is 17.8 Å². The highest BCUT2D eigenvalue weighted by atomic mass is 19.2. The Morgan fingerprint density at radius 1 is 0.979 bits per heavy atom. The van der Waals surface area contributed by atoms with Gasteiger partial charge in [-0.25, -0.2) is 8.78 Å². The van der Waals surface area contributed by atoms with Gasteiger partial charge in [0.05, 0.1) is 25.6 Å². The van der Waals surface area contributed by atoms with Gasteiger partial charge in [-0.1, -0.05) is 39.0 Å². The summed E-state index contributed by atoms with van der Waals surface area (Å²) in [5.74, 6) is -14.7. The van der Waals surface area contributed by atoms with Crippen molar-refractivity contribution in [3.63, 3.8) is 0 Å². The topological polar surface area (TPSA) is 140 Å². The van der Waals surface area contributed by atoms with Crippen LogP contribution < -0.4 is 15.4 Å². The third kappa shape index (κ3) is 10.2. The van der Waals surface area contributed by atoms with E-state index in [9.17, 15) is 41.5 Å². The number of hydrogen-bond acceptors (Lipinski definition) is 8. The molecule has 0 saturated carbocycles. The fraction of sp³-hybridized carbons (Fsp3) is 0.485. The first-order chi connectivity index (χ1) is 22.3. The van der Waals surface area contributed by atoms with Crippen LogP contribution in [-0.2, 0) is 38.9 Å². The molecule has 3 amide bonds. The van der Waals surface area contributed by atoms with Crippen molar-refractivity contribution >= 4 is 35.2 Å². The second kappa shape index (κ2) is 15.6. The Morgan fingerprint density at radius 2 is 1.60 bits per heavy atom. The summed E-state index contributed by atoms with van der Waals surface area (Å²) in [6.07, 6.45) is -0.751. The maximum Gasteiger partial charge on any atom is 0.313 e. The summed E-state index contributed by atoms with van der Waals surface area (Å²) < 4.78 is 70.9. The van der Waals surface area contributed by atoms with E-state index in [0.717, 1.165) is 10.5 Å². The number of nitrogens with one attached hydrogen (secondary N) is 2. The summed E-state index contributed by atoms with van der Waals surface area (Å²) in [5.41, 5.74) is -0.100. The number of hydrogen-bond donors (Lipinski definition) is 2. The Morgan fingerprint density at radius 3 is 2.21 bits per heavy atom. The molecule has 1 aliphatic rings. The molecule has 1 heterocycles. The molecule has 11 nitrogen and oxygen atoms in total. The number of ketones is 1. The van der Waals surface area contributed by atoms with Gasteiger partial charge in [0.25, 0.3) is 0 Å². The number of esters is 1. The average Bonchev–Trinajstić information content (AvgIpc) is 3.24. The Hall–Kier alpha value is -4.53. The molecule has 0 aromatic heterocycles. The van der Waals surface area contributed by atoms with Gasteiger partial charge in [0.1, 0.15) is 18.2 Å². The van der Waals surface area contributed by atoms with E-state index in [0.29, 0.717) is 5.69 Å². The number of ether oxygens (including phenoxy) is 3. The Bertz CT molecular complexity index is 1530. The van der Waals surface area contributed by atoms with Gasteiger partial charge in [-0.05, 0) is 37.8 Å². The summed E-state index contributed by atoms with van der Waals surface area (Å²) in [6, 6.07) is 5.26. The normalized spacial score (nSPS) is 16.0. The third-order valence-corrected chi connectivity index (χ3v) is 7.03. The third-order valence-electron chi connectivity index (χ3n) is 7.03. The molecule has 2 aromatic carbocycles. The van der Waals surface area contributed by atoms with Gasteiger partial charge in [-0.2, -0.15) is 8.78 Å². The minimum absolute atomic E-state index is 0.0171. The predicted octanol–water partition coefficient (Wildman–Crippen LogP) is 3.82. The van der Waals surface area contributed by atoms with E-state index in [-0.39, 0.29) is 37.8 Å². The fourth-order valence-corrected chi connectivity index (χ4v) is 4.73. The van der Waals surface area contributed by atoms with Crippen LogP contribution in [0.4, 0.5) is 23.2 Å². The average molecular weight is 682 g/mol. The number of benzene rings is 2.